The minimum atomic E-state index is -3.66. The van der Waals surface area contributed by atoms with Crippen molar-refractivity contribution >= 4 is 33.3 Å². The Balaban J connectivity index is 1.57. The van der Waals surface area contributed by atoms with E-state index in [1.165, 1.54) is 24.3 Å². The van der Waals surface area contributed by atoms with Crippen molar-refractivity contribution in [3.63, 3.8) is 0 Å². The van der Waals surface area contributed by atoms with Crippen molar-refractivity contribution in [2.75, 3.05) is 11.9 Å². The summed E-state index contributed by atoms with van der Waals surface area (Å²) in [5, 5.41) is 12.8. The SMILES string of the molecule is O=C(COC(=O)c1ccc(S(=O)(=O)NC2CC2)cc1)Nc1cc([N+](=O)[O-])ccc1F. The van der Waals surface area contributed by atoms with Gasteiger partial charge in [0.2, 0.25) is 10.0 Å². The number of nitro groups is 1. The summed E-state index contributed by atoms with van der Waals surface area (Å²) in [5.41, 5.74) is -0.840. The third-order valence-electron chi connectivity index (χ3n) is 4.07. The molecule has 1 saturated carbocycles. The lowest BCUT2D eigenvalue weighted by atomic mass is 10.2. The van der Waals surface area contributed by atoms with Gasteiger partial charge in [0.05, 0.1) is 21.1 Å². The van der Waals surface area contributed by atoms with Gasteiger partial charge in [-0.25, -0.2) is 22.3 Å². The smallest absolute Gasteiger partial charge is 0.338 e. The van der Waals surface area contributed by atoms with Crippen molar-refractivity contribution in [2.24, 2.45) is 0 Å². The number of nitrogens with zero attached hydrogens (tertiary/aromatic N) is 1. The van der Waals surface area contributed by atoms with Crippen molar-refractivity contribution in [1.82, 2.24) is 4.72 Å². The summed E-state index contributed by atoms with van der Waals surface area (Å²) in [5.74, 6) is -2.70. The number of esters is 1. The van der Waals surface area contributed by atoms with Gasteiger partial charge in [-0.15, -0.1) is 0 Å². The number of nitro benzene ring substituents is 1. The highest BCUT2D eigenvalue weighted by molar-refractivity contribution is 7.89. The molecule has 0 atom stereocenters. The number of carbonyl (C=O) groups is 2. The quantitative estimate of drug-likeness (QED) is 0.365. The maximum Gasteiger partial charge on any atom is 0.338 e. The van der Waals surface area contributed by atoms with Gasteiger partial charge in [-0.1, -0.05) is 0 Å². The lowest BCUT2D eigenvalue weighted by Gasteiger charge is -2.08. The standard InChI is InChI=1S/C18H16FN3O7S/c19-15-8-5-13(22(25)26)9-16(15)20-17(23)10-29-18(24)11-1-6-14(7-2-11)30(27,28)21-12-3-4-12/h1-2,5-9,12,21H,3-4,10H2,(H,20,23). The van der Waals surface area contributed by atoms with E-state index in [2.05, 4.69) is 10.0 Å². The molecule has 1 aliphatic rings. The average molecular weight is 437 g/mol. The first-order valence-electron chi connectivity index (χ1n) is 8.69. The first kappa shape index (κ1) is 21.3. The molecule has 158 valence electrons. The number of rotatable bonds is 8. The molecule has 0 spiro atoms. The summed E-state index contributed by atoms with van der Waals surface area (Å²) in [7, 11) is -3.66. The van der Waals surface area contributed by atoms with Gasteiger partial charge in [0.1, 0.15) is 5.82 Å². The number of halogens is 1. The van der Waals surface area contributed by atoms with Crippen LogP contribution >= 0.6 is 0 Å². The number of anilines is 1. The molecule has 10 nitrogen and oxygen atoms in total. The fraction of sp³-hybridized carbons (Fsp3) is 0.222. The lowest BCUT2D eigenvalue weighted by Crippen LogP contribution is -2.25. The highest BCUT2D eigenvalue weighted by atomic mass is 32.2. The van der Waals surface area contributed by atoms with Crippen LogP contribution in [-0.4, -0.2) is 37.9 Å². The van der Waals surface area contributed by atoms with Crippen LogP contribution in [-0.2, 0) is 19.6 Å². The summed E-state index contributed by atoms with van der Waals surface area (Å²) >= 11 is 0. The van der Waals surface area contributed by atoms with E-state index in [-0.39, 0.29) is 16.5 Å². The first-order valence-corrected chi connectivity index (χ1v) is 10.2. The topological polar surface area (TPSA) is 145 Å². The Hall–Kier alpha value is -3.38. The minimum absolute atomic E-state index is 0.00898. The molecule has 2 aromatic carbocycles. The first-order chi connectivity index (χ1) is 14.2. The van der Waals surface area contributed by atoms with E-state index < -0.39 is 50.6 Å². The second-order valence-corrected chi connectivity index (χ2v) is 8.18. The third kappa shape index (κ3) is 5.36. The van der Waals surface area contributed by atoms with Gasteiger partial charge in [0.15, 0.2) is 6.61 Å². The molecule has 0 bridgehead atoms. The molecule has 1 amide bonds. The number of hydrogen-bond donors (Lipinski definition) is 2. The molecule has 3 rings (SSSR count). The molecule has 12 heteroatoms. The average Bonchev–Trinajstić information content (AvgIpc) is 3.51. The Morgan fingerprint density at radius 1 is 1.17 bits per heavy atom. The Morgan fingerprint density at radius 3 is 2.43 bits per heavy atom. The van der Waals surface area contributed by atoms with Crippen LogP contribution in [0.25, 0.3) is 0 Å². The molecule has 2 aromatic rings. The Morgan fingerprint density at radius 2 is 1.83 bits per heavy atom. The number of hydrogen-bond acceptors (Lipinski definition) is 7. The highest BCUT2D eigenvalue weighted by Gasteiger charge is 2.28. The molecule has 0 unspecified atom stereocenters. The second kappa shape index (κ2) is 8.55. The van der Waals surface area contributed by atoms with Crippen LogP contribution in [0.5, 0.6) is 0 Å². The van der Waals surface area contributed by atoms with Crippen LogP contribution in [0.15, 0.2) is 47.4 Å². The van der Waals surface area contributed by atoms with Crippen LogP contribution in [0.3, 0.4) is 0 Å². The van der Waals surface area contributed by atoms with Crippen molar-refractivity contribution in [1.29, 1.82) is 0 Å². The van der Waals surface area contributed by atoms with Gasteiger partial charge in [-0.05, 0) is 43.2 Å². The maximum absolute atomic E-state index is 13.7. The summed E-state index contributed by atoms with van der Waals surface area (Å²) in [6.07, 6.45) is 1.57. The number of benzene rings is 2. The monoisotopic (exact) mass is 437 g/mol. The molecule has 0 saturated heterocycles. The molecule has 2 N–H and O–H groups in total. The van der Waals surface area contributed by atoms with Gasteiger partial charge in [0.25, 0.3) is 11.6 Å². The van der Waals surface area contributed by atoms with Crippen molar-refractivity contribution in [2.45, 2.75) is 23.8 Å². The van der Waals surface area contributed by atoms with Crippen molar-refractivity contribution in [3.8, 4) is 0 Å². The van der Waals surface area contributed by atoms with Crippen LogP contribution < -0.4 is 10.0 Å². The van der Waals surface area contributed by atoms with E-state index in [1.807, 2.05) is 0 Å². The zero-order valence-electron chi connectivity index (χ0n) is 15.3. The lowest BCUT2D eigenvalue weighted by molar-refractivity contribution is -0.384. The predicted molar refractivity (Wildman–Crippen MR) is 102 cm³/mol. The van der Waals surface area contributed by atoms with E-state index in [1.54, 1.807) is 0 Å². The van der Waals surface area contributed by atoms with Gasteiger partial charge in [-0.2, -0.15) is 0 Å². The Labute approximate surface area is 170 Å². The number of nitrogens with one attached hydrogen (secondary N) is 2. The number of amides is 1. The van der Waals surface area contributed by atoms with Crippen LogP contribution in [0.4, 0.5) is 15.8 Å². The van der Waals surface area contributed by atoms with E-state index in [0.29, 0.717) is 0 Å². The van der Waals surface area contributed by atoms with Gasteiger partial charge < -0.3 is 10.1 Å². The van der Waals surface area contributed by atoms with Gasteiger partial charge in [-0.3, -0.25) is 14.9 Å². The van der Waals surface area contributed by atoms with Crippen LogP contribution in [0, 0.1) is 15.9 Å². The molecule has 0 aromatic heterocycles. The Kier molecular flexibility index (Phi) is 6.08. The second-order valence-electron chi connectivity index (χ2n) is 6.47. The summed E-state index contributed by atoms with van der Waals surface area (Å²) in [6, 6.07) is 7.49. The van der Waals surface area contributed by atoms with E-state index >= 15 is 0 Å². The minimum Gasteiger partial charge on any atom is -0.452 e. The molecule has 0 heterocycles. The predicted octanol–water partition coefficient (Wildman–Crippen LogP) is 1.97. The van der Waals surface area contributed by atoms with Crippen LogP contribution in [0.2, 0.25) is 0 Å². The molecular weight excluding hydrogens is 421 g/mol. The van der Waals surface area contributed by atoms with Gasteiger partial charge in [0, 0.05) is 18.2 Å². The highest BCUT2D eigenvalue weighted by Crippen LogP contribution is 2.23. The molecule has 0 radical (unpaired) electrons. The Bertz CT molecular complexity index is 1100. The number of non-ortho nitro benzene ring substituents is 1. The third-order valence-corrected chi connectivity index (χ3v) is 5.61. The maximum atomic E-state index is 13.7. The summed E-state index contributed by atoms with van der Waals surface area (Å²) in [4.78, 5) is 33.9. The molecule has 1 fully saturated rings. The summed E-state index contributed by atoms with van der Waals surface area (Å²) < 4.78 is 45.2. The van der Waals surface area contributed by atoms with Crippen LogP contribution in [0.1, 0.15) is 23.2 Å². The number of ether oxygens (including phenoxy) is 1. The van der Waals surface area contributed by atoms with E-state index in [0.717, 1.165) is 31.0 Å². The molecule has 30 heavy (non-hydrogen) atoms. The van der Waals surface area contributed by atoms with Crippen molar-refractivity contribution in [3.05, 3.63) is 64.0 Å². The number of sulfonamides is 1. The molecule has 0 aliphatic heterocycles. The largest absolute Gasteiger partial charge is 0.452 e. The molecule has 1 aliphatic carbocycles. The van der Waals surface area contributed by atoms with Crippen molar-refractivity contribution < 1.29 is 32.1 Å². The van der Waals surface area contributed by atoms with Gasteiger partial charge >= 0.3 is 5.97 Å². The zero-order valence-corrected chi connectivity index (χ0v) is 16.1. The fourth-order valence-corrected chi connectivity index (χ4v) is 3.69. The fourth-order valence-electron chi connectivity index (χ4n) is 2.38. The summed E-state index contributed by atoms with van der Waals surface area (Å²) in [6.45, 7) is -0.774. The normalized spacial score (nSPS) is 13.5. The molecular formula is C18H16FN3O7S. The zero-order chi connectivity index (χ0) is 21.9. The van der Waals surface area contributed by atoms with E-state index in [4.69, 9.17) is 4.74 Å². The number of carbonyl (C=O) groups excluding carboxylic acids is 2. The van der Waals surface area contributed by atoms with E-state index in [9.17, 15) is 32.5 Å².